The molecule has 2 rings (SSSR count). The minimum absolute atomic E-state index is 0. The summed E-state index contributed by atoms with van der Waals surface area (Å²) in [5, 5.41) is 2.26. The van der Waals surface area contributed by atoms with E-state index in [1.807, 2.05) is 44.2 Å². The molecule has 0 aromatic heterocycles. The summed E-state index contributed by atoms with van der Waals surface area (Å²) in [4.78, 5) is 11.9. The monoisotopic (exact) mass is 307 g/mol. The highest BCUT2D eigenvalue weighted by atomic mass is 35.5. The van der Waals surface area contributed by atoms with Crippen molar-refractivity contribution in [2.75, 3.05) is 7.11 Å². The van der Waals surface area contributed by atoms with Gasteiger partial charge in [0.15, 0.2) is 0 Å². The summed E-state index contributed by atoms with van der Waals surface area (Å²) < 4.78 is 4.87. The highest BCUT2D eigenvalue weighted by Crippen LogP contribution is 2.36. The first-order chi connectivity index (χ1) is 9.39. The van der Waals surface area contributed by atoms with Crippen molar-refractivity contribution < 1.29 is 9.53 Å². The molecule has 0 aliphatic rings. The lowest BCUT2D eigenvalue weighted by Crippen LogP contribution is -2.37. The average Bonchev–Trinajstić information content (AvgIpc) is 2.46. The summed E-state index contributed by atoms with van der Waals surface area (Å²) in [6.07, 6.45) is 0. The molecule has 0 aliphatic heterocycles. The summed E-state index contributed by atoms with van der Waals surface area (Å²) in [5.41, 5.74) is 7.77. The third kappa shape index (κ3) is 3.04. The van der Waals surface area contributed by atoms with Crippen LogP contribution in [-0.4, -0.2) is 13.1 Å². The van der Waals surface area contributed by atoms with Crippen LogP contribution in [0.2, 0.25) is 0 Å². The number of carbonyl (C=O) groups excluding carboxylic acids is 1. The fraction of sp³-hybridized carbons (Fsp3) is 0.353. The number of carbonyl (C=O) groups is 1. The molecule has 0 saturated heterocycles. The van der Waals surface area contributed by atoms with Crippen molar-refractivity contribution in [3.8, 4) is 0 Å². The van der Waals surface area contributed by atoms with Crippen molar-refractivity contribution in [1.29, 1.82) is 0 Å². The van der Waals surface area contributed by atoms with Crippen molar-refractivity contribution >= 4 is 29.1 Å². The van der Waals surface area contributed by atoms with Gasteiger partial charge in [-0.15, -0.1) is 12.4 Å². The van der Waals surface area contributed by atoms with Gasteiger partial charge < -0.3 is 10.5 Å². The molecule has 2 N–H and O–H groups in total. The number of hydrogen-bond acceptors (Lipinski definition) is 3. The van der Waals surface area contributed by atoms with Gasteiger partial charge >= 0.3 is 5.97 Å². The van der Waals surface area contributed by atoms with Gasteiger partial charge in [0.2, 0.25) is 0 Å². The second-order valence-electron chi connectivity index (χ2n) is 5.71. The largest absolute Gasteiger partial charge is 0.469 e. The normalized spacial score (nSPS) is 12.6. The van der Waals surface area contributed by atoms with E-state index in [9.17, 15) is 4.79 Å². The van der Waals surface area contributed by atoms with E-state index in [0.717, 1.165) is 10.9 Å². The van der Waals surface area contributed by atoms with Crippen LogP contribution in [0, 0.1) is 12.3 Å². The highest BCUT2D eigenvalue weighted by molar-refractivity contribution is 5.90. The van der Waals surface area contributed by atoms with Gasteiger partial charge in [-0.05, 0) is 42.7 Å². The number of aryl methyl sites for hydroxylation is 1. The molecule has 2 aromatic carbocycles. The molecule has 0 aliphatic carbocycles. The molecule has 0 unspecified atom stereocenters. The van der Waals surface area contributed by atoms with Crippen molar-refractivity contribution in [1.82, 2.24) is 0 Å². The Hall–Kier alpha value is -1.58. The third-order valence-corrected chi connectivity index (χ3v) is 4.00. The third-order valence-electron chi connectivity index (χ3n) is 4.00. The molecule has 1 atom stereocenters. The van der Waals surface area contributed by atoms with Crippen LogP contribution in [0.15, 0.2) is 36.4 Å². The van der Waals surface area contributed by atoms with Crippen LogP contribution in [0.3, 0.4) is 0 Å². The molecule has 0 spiro atoms. The number of nitrogens with two attached hydrogens (primary N) is 1. The van der Waals surface area contributed by atoms with E-state index >= 15 is 0 Å². The lowest BCUT2D eigenvalue weighted by Gasteiger charge is -2.30. The lowest BCUT2D eigenvalue weighted by atomic mass is 9.79. The van der Waals surface area contributed by atoms with Crippen molar-refractivity contribution in [2.24, 2.45) is 11.1 Å². The predicted molar refractivity (Wildman–Crippen MR) is 88.7 cm³/mol. The van der Waals surface area contributed by atoms with Crippen LogP contribution >= 0.6 is 12.4 Å². The summed E-state index contributed by atoms with van der Waals surface area (Å²) in [6.45, 7) is 5.71. The Balaban J connectivity index is 0.00000220. The lowest BCUT2D eigenvalue weighted by molar-refractivity contribution is -0.152. The SMILES string of the molecule is COC(=O)C(C)(C)[C@H](N)c1ccc(C)c2ccccc12.Cl. The molecule has 0 bridgehead atoms. The first kappa shape index (κ1) is 17.5. The Labute approximate surface area is 131 Å². The van der Waals surface area contributed by atoms with Crippen LogP contribution < -0.4 is 5.73 Å². The predicted octanol–water partition coefficient (Wildman–Crippen LogP) is 3.77. The Morgan fingerprint density at radius 2 is 1.71 bits per heavy atom. The topological polar surface area (TPSA) is 52.3 Å². The Morgan fingerprint density at radius 3 is 2.29 bits per heavy atom. The molecule has 0 heterocycles. The second kappa shape index (κ2) is 6.46. The van der Waals surface area contributed by atoms with Crippen LogP contribution in [0.1, 0.15) is 31.0 Å². The van der Waals surface area contributed by atoms with E-state index in [1.165, 1.54) is 18.1 Å². The average molecular weight is 308 g/mol. The molecular formula is C17H22ClNO2. The number of fused-ring (bicyclic) bond motifs is 1. The fourth-order valence-corrected chi connectivity index (χ4v) is 2.52. The van der Waals surface area contributed by atoms with Crippen LogP contribution in [0.4, 0.5) is 0 Å². The molecular weight excluding hydrogens is 286 g/mol. The van der Waals surface area contributed by atoms with E-state index in [-0.39, 0.29) is 18.4 Å². The molecule has 114 valence electrons. The second-order valence-corrected chi connectivity index (χ2v) is 5.71. The van der Waals surface area contributed by atoms with Gasteiger partial charge in [-0.1, -0.05) is 36.4 Å². The van der Waals surface area contributed by atoms with E-state index in [2.05, 4.69) is 13.0 Å². The fourth-order valence-electron chi connectivity index (χ4n) is 2.52. The van der Waals surface area contributed by atoms with E-state index < -0.39 is 11.5 Å². The Morgan fingerprint density at radius 1 is 1.14 bits per heavy atom. The van der Waals surface area contributed by atoms with Crippen LogP contribution in [0.5, 0.6) is 0 Å². The minimum Gasteiger partial charge on any atom is -0.469 e. The van der Waals surface area contributed by atoms with Crippen molar-refractivity contribution in [3.63, 3.8) is 0 Å². The van der Waals surface area contributed by atoms with Crippen molar-refractivity contribution in [3.05, 3.63) is 47.5 Å². The van der Waals surface area contributed by atoms with Gasteiger partial charge in [0, 0.05) is 6.04 Å². The summed E-state index contributed by atoms with van der Waals surface area (Å²) in [6, 6.07) is 11.8. The van der Waals surface area contributed by atoms with E-state index in [1.54, 1.807) is 0 Å². The summed E-state index contributed by atoms with van der Waals surface area (Å²) in [7, 11) is 1.39. The highest BCUT2D eigenvalue weighted by Gasteiger charge is 2.37. The molecule has 0 fully saturated rings. The molecule has 4 heteroatoms. The van der Waals surface area contributed by atoms with E-state index in [0.29, 0.717) is 0 Å². The number of rotatable bonds is 3. The number of esters is 1. The number of ether oxygens (including phenoxy) is 1. The zero-order valence-corrected chi connectivity index (χ0v) is 13.7. The van der Waals surface area contributed by atoms with Gasteiger partial charge in [0.25, 0.3) is 0 Å². The van der Waals surface area contributed by atoms with Gasteiger partial charge in [-0.25, -0.2) is 0 Å². The molecule has 0 amide bonds. The summed E-state index contributed by atoms with van der Waals surface area (Å²) in [5.74, 6) is -0.297. The molecule has 21 heavy (non-hydrogen) atoms. The standard InChI is InChI=1S/C17H21NO2.ClH/c1-11-9-10-14(13-8-6-5-7-12(11)13)15(18)17(2,3)16(19)20-4;/h5-10,15H,18H2,1-4H3;1H/t15-;/m1./s1. The number of methoxy groups -OCH3 is 1. The maximum Gasteiger partial charge on any atom is 0.313 e. The maximum atomic E-state index is 11.9. The van der Waals surface area contributed by atoms with Crippen LogP contribution in [0.25, 0.3) is 10.8 Å². The molecule has 2 aromatic rings. The number of halogens is 1. The van der Waals surface area contributed by atoms with E-state index in [4.69, 9.17) is 10.5 Å². The minimum atomic E-state index is -0.771. The summed E-state index contributed by atoms with van der Waals surface area (Å²) >= 11 is 0. The zero-order valence-electron chi connectivity index (χ0n) is 12.8. The molecule has 3 nitrogen and oxygen atoms in total. The van der Waals surface area contributed by atoms with Gasteiger partial charge in [-0.3, -0.25) is 4.79 Å². The smallest absolute Gasteiger partial charge is 0.313 e. The quantitative estimate of drug-likeness (QED) is 0.878. The van der Waals surface area contributed by atoms with Gasteiger partial charge in [0.05, 0.1) is 12.5 Å². The zero-order chi connectivity index (χ0) is 14.9. The van der Waals surface area contributed by atoms with Crippen LogP contribution in [-0.2, 0) is 9.53 Å². The Bertz CT molecular complexity index is 652. The molecule has 0 radical (unpaired) electrons. The maximum absolute atomic E-state index is 11.9. The number of benzene rings is 2. The van der Waals surface area contributed by atoms with Gasteiger partial charge in [0.1, 0.15) is 0 Å². The van der Waals surface area contributed by atoms with Crippen molar-refractivity contribution in [2.45, 2.75) is 26.8 Å². The number of hydrogen-bond donors (Lipinski definition) is 1. The first-order valence-electron chi connectivity index (χ1n) is 6.72. The Kier molecular flexibility index (Phi) is 5.37. The first-order valence-corrected chi connectivity index (χ1v) is 6.72. The molecule has 0 saturated carbocycles. The van der Waals surface area contributed by atoms with Gasteiger partial charge in [-0.2, -0.15) is 0 Å².